The Morgan fingerprint density at radius 2 is 0.821 bits per heavy atom. The number of hydrogen-bond donors (Lipinski definition) is 6. The fraction of sp³-hybridized carbons (Fsp3) is 0.484. The first-order valence-corrected chi connectivity index (χ1v) is 32.6. The highest BCUT2D eigenvalue weighted by Gasteiger charge is 2.48. The van der Waals surface area contributed by atoms with Gasteiger partial charge in [0.2, 0.25) is 55.5 Å². The van der Waals surface area contributed by atoms with Crippen molar-refractivity contribution in [2.45, 2.75) is 138 Å². The lowest BCUT2D eigenvalue weighted by molar-refractivity contribution is -0.144. The molecule has 20 nitrogen and oxygen atoms in total. The first kappa shape index (κ1) is 63.2. The van der Waals surface area contributed by atoms with Crippen molar-refractivity contribution in [1.82, 2.24) is 50.3 Å². The maximum Gasteiger partial charge on any atom is 0.247 e. The summed E-state index contributed by atoms with van der Waals surface area (Å²) in [4.78, 5) is 87.8. The molecule has 0 aliphatic carbocycles. The minimum Gasteiger partial charge on any atom is -0.343 e. The third-order valence-electron chi connectivity index (χ3n) is 16.8. The van der Waals surface area contributed by atoms with Gasteiger partial charge < -0.3 is 41.7 Å². The molecule has 4 aromatic carbocycles. The van der Waals surface area contributed by atoms with Crippen LogP contribution in [0.1, 0.15) is 112 Å². The van der Waals surface area contributed by atoms with E-state index in [1.54, 1.807) is 37.7 Å². The lowest BCUT2D eigenvalue weighted by Gasteiger charge is -2.38. The van der Waals surface area contributed by atoms with Crippen molar-refractivity contribution in [3.05, 3.63) is 156 Å². The lowest BCUT2D eigenvalue weighted by atomic mass is 9.98. The molecule has 4 heterocycles. The van der Waals surface area contributed by atoms with Crippen molar-refractivity contribution >= 4 is 55.5 Å². The summed E-state index contributed by atoms with van der Waals surface area (Å²) in [5, 5.41) is 17.7. The van der Waals surface area contributed by atoms with Crippen LogP contribution in [0, 0.1) is 0 Å². The SMILES string of the molecule is CN[C@@H](C)C(=O)N[C@H]1CN(S(=O)(=O)CCC/C=C/CCCS(=O)(=O)N2CC[C@H]3CC[C@@H](C(=O)NC(c4ccccc4)c4ccccc4)N3C(=O)[C@@H](NC(=O)[C@H](C)NC)C2)CC[C@H]2CC[C@@H](C(=O)NC(c3ccccc3)c3ccccc3)N2C1=O. The molecule has 84 heavy (non-hydrogen) atoms. The van der Waals surface area contributed by atoms with Gasteiger partial charge in [0.05, 0.1) is 35.7 Å². The first-order valence-electron chi connectivity index (χ1n) is 29.4. The van der Waals surface area contributed by atoms with Crippen LogP contribution < -0.4 is 31.9 Å². The van der Waals surface area contributed by atoms with E-state index < -0.39 is 104 Å². The number of hydrogen-bond acceptors (Lipinski definition) is 12. The Bertz CT molecular complexity index is 2860. The third kappa shape index (κ3) is 15.7. The topological polar surface area (TPSA) is 256 Å². The molecule has 4 aliphatic heterocycles. The Hall–Kier alpha value is -6.82. The highest BCUT2D eigenvalue weighted by molar-refractivity contribution is 7.89. The molecule has 0 radical (unpaired) electrons. The molecule has 0 saturated carbocycles. The molecular weight excluding hydrogens is 1110 g/mol. The molecule has 0 unspecified atom stereocenters. The standard InChI is InChI=1S/C62H82N10O10S2/c1-43(63-3)57(73)65-51-41-69(37-35-49-31-33-53(71(49)61(51)77)59(75)67-55(45-23-13-9-14-24-45)46-25-15-10-16-26-46)83(79,80)39-21-7-5-6-8-22-40-84(81,82)70-38-36-50-32-34-54(72(50)62(78)52(42-70)66-58(74)44(2)64-4)60(76)68-56(47-27-17-11-18-28-47)48-29-19-12-20-30-48/h5-6,9-20,23-30,43-44,49-56,63-64H,7-8,21-22,31-42H2,1-4H3,(H,65,73)(H,66,74)(H,67,75)(H,68,76)/b6-5+/t43-,44-,49+,50+,51-,52-,53-,54-/m0/s1. The van der Waals surface area contributed by atoms with Gasteiger partial charge in [-0.1, -0.05) is 133 Å². The van der Waals surface area contributed by atoms with Gasteiger partial charge in [-0.05, 0) is 114 Å². The van der Waals surface area contributed by atoms with Gasteiger partial charge in [0.1, 0.15) is 24.2 Å². The second kappa shape index (κ2) is 29.3. The summed E-state index contributed by atoms with van der Waals surface area (Å²) in [7, 11) is -4.69. The second-order valence-electron chi connectivity index (χ2n) is 22.3. The van der Waals surface area contributed by atoms with Gasteiger partial charge in [0, 0.05) is 38.3 Å². The molecule has 6 amide bonds. The van der Waals surface area contributed by atoms with Crippen molar-refractivity contribution in [1.29, 1.82) is 0 Å². The van der Waals surface area contributed by atoms with Crippen molar-refractivity contribution in [3.63, 3.8) is 0 Å². The number of sulfonamides is 2. The number of carbonyl (C=O) groups excluding carboxylic acids is 6. The molecule has 4 fully saturated rings. The monoisotopic (exact) mass is 1190 g/mol. The second-order valence-corrected chi connectivity index (χ2v) is 26.5. The zero-order valence-corrected chi connectivity index (χ0v) is 50.1. The molecule has 4 aromatic rings. The summed E-state index contributed by atoms with van der Waals surface area (Å²) >= 11 is 0. The average Bonchev–Trinajstić information content (AvgIpc) is 3.64. The van der Waals surface area contributed by atoms with Crippen molar-refractivity contribution < 1.29 is 45.6 Å². The molecule has 4 saturated heterocycles. The Kier molecular flexibility index (Phi) is 22.1. The quantitative estimate of drug-likeness (QED) is 0.0432. The molecule has 452 valence electrons. The molecule has 6 N–H and O–H groups in total. The van der Waals surface area contributed by atoms with Crippen LogP contribution in [0.3, 0.4) is 0 Å². The van der Waals surface area contributed by atoms with Crippen molar-refractivity contribution in [3.8, 4) is 0 Å². The summed E-state index contributed by atoms with van der Waals surface area (Å²) in [6, 6.07) is 30.8. The predicted molar refractivity (Wildman–Crippen MR) is 322 cm³/mol. The molecule has 0 bridgehead atoms. The van der Waals surface area contributed by atoms with E-state index in [1.165, 1.54) is 8.61 Å². The van der Waals surface area contributed by atoms with Gasteiger partial charge in [-0.2, -0.15) is 8.61 Å². The van der Waals surface area contributed by atoms with Gasteiger partial charge in [0.25, 0.3) is 0 Å². The van der Waals surface area contributed by atoms with E-state index in [-0.39, 0.29) is 62.3 Å². The molecule has 8 atom stereocenters. The normalized spacial score (nSPS) is 22.5. The Morgan fingerprint density at radius 1 is 0.500 bits per heavy atom. The number of amides is 6. The Balaban J connectivity index is 0.860. The third-order valence-corrected chi connectivity index (χ3v) is 20.6. The van der Waals surface area contributed by atoms with E-state index in [0.717, 1.165) is 22.3 Å². The molecule has 8 rings (SSSR count). The van der Waals surface area contributed by atoms with Crippen LogP contribution >= 0.6 is 0 Å². The predicted octanol–water partition coefficient (Wildman–Crippen LogP) is 3.89. The van der Waals surface area contributed by atoms with Crippen LogP contribution in [-0.4, -0.2) is 171 Å². The zero-order chi connectivity index (χ0) is 60.0. The van der Waals surface area contributed by atoms with Gasteiger partial charge in [-0.3, -0.25) is 28.8 Å². The molecule has 4 aliphatic rings. The molecule has 22 heteroatoms. The van der Waals surface area contributed by atoms with E-state index in [4.69, 9.17) is 0 Å². The highest BCUT2D eigenvalue weighted by Crippen LogP contribution is 2.34. The number of allylic oxidation sites excluding steroid dienone is 2. The van der Waals surface area contributed by atoms with E-state index in [9.17, 15) is 45.6 Å². The van der Waals surface area contributed by atoms with Gasteiger partial charge in [-0.15, -0.1) is 0 Å². The van der Waals surface area contributed by atoms with Gasteiger partial charge in [0.15, 0.2) is 0 Å². The molecule has 0 spiro atoms. The smallest absolute Gasteiger partial charge is 0.247 e. The fourth-order valence-corrected chi connectivity index (χ4v) is 14.9. The minimum atomic E-state index is -3.95. The van der Waals surface area contributed by atoms with E-state index in [0.29, 0.717) is 51.4 Å². The van der Waals surface area contributed by atoms with Crippen LogP contribution in [0.4, 0.5) is 0 Å². The van der Waals surface area contributed by atoms with E-state index >= 15 is 0 Å². The number of unbranched alkanes of at least 4 members (excludes halogenated alkanes) is 2. The van der Waals surface area contributed by atoms with Gasteiger partial charge in [-0.25, -0.2) is 16.8 Å². The number of fused-ring (bicyclic) bond motifs is 2. The number of benzene rings is 4. The molecular formula is C62H82N10O10S2. The first-order chi connectivity index (χ1) is 40.4. The number of likely N-dealkylation sites (N-methyl/N-ethyl adjacent to an activating group) is 2. The minimum absolute atomic E-state index is 0.0781. The largest absolute Gasteiger partial charge is 0.343 e. The van der Waals surface area contributed by atoms with Crippen LogP contribution in [0.25, 0.3) is 0 Å². The van der Waals surface area contributed by atoms with Crippen LogP contribution in [-0.2, 0) is 48.8 Å². The average molecular weight is 1190 g/mol. The highest BCUT2D eigenvalue weighted by atomic mass is 32.2. The number of nitrogens with one attached hydrogen (secondary N) is 6. The fourth-order valence-electron chi connectivity index (χ4n) is 11.8. The summed E-state index contributed by atoms with van der Waals surface area (Å²) in [6.07, 6.45) is 7.11. The zero-order valence-electron chi connectivity index (χ0n) is 48.5. The number of rotatable bonds is 24. The van der Waals surface area contributed by atoms with Crippen LogP contribution in [0.15, 0.2) is 133 Å². The maximum absolute atomic E-state index is 14.7. The summed E-state index contributed by atoms with van der Waals surface area (Å²) < 4.78 is 59.0. The molecule has 0 aromatic heterocycles. The summed E-state index contributed by atoms with van der Waals surface area (Å²) in [5.74, 6) is -3.18. The lowest BCUT2D eigenvalue weighted by Crippen LogP contribution is -2.62. The van der Waals surface area contributed by atoms with Gasteiger partial charge >= 0.3 is 0 Å². The summed E-state index contributed by atoms with van der Waals surface area (Å²) in [5.41, 5.74) is 3.48. The Morgan fingerprint density at radius 3 is 1.13 bits per heavy atom. The van der Waals surface area contributed by atoms with E-state index in [2.05, 4.69) is 31.9 Å². The number of carbonyl (C=O) groups is 6. The number of nitrogens with zero attached hydrogens (tertiary/aromatic N) is 4. The maximum atomic E-state index is 14.7. The summed E-state index contributed by atoms with van der Waals surface area (Å²) in [6.45, 7) is 2.80. The van der Waals surface area contributed by atoms with Crippen molar-refractivity contribution in [2.75, 3.05) is 51.8 Å². The van der Waals surface area contributed by atoms with Crippen molar-refractivity contribution in [2.24, 2.45) is 0 Å². The van der Waals surface area contributed by atoms with Crippen LogP contribution in [0.5, 0.6) is 0 Å². The van der Waals surface area contributed by atoms with Crippen LogP contribution in [0.2, 0.25) is 0 Å². The van der Waals surface area contributed by atoms with E-state index in [1.807, 2.05) is 133 Å². The Labute approximate surface area is 495 Å².